The van der Waals surface area contributed by atoms with Crippen molar-refractivity contribution in [3.63, 3.8) is 0 Å². The Labute approximate surface area is 124 Å². The van der Waals surface area contributed by atoms with Gasteiger partial charge in [0.15, 0.2) is 11.5 Å². The minimum absolute atomic E-state index is 0.112. The van der Waals surface area contributed by atoms with Crippen LogP contribution in [0.4, 0.5) is 5.82 Å². The highest BCUT2D eigenvalue weighted by molar-refractivity contribution is 5.94. The lowest BCUT2D eigenvalue weighted by Gasteiger charge is -2.21. The number of methoxy groups -OCH3 is 2. The molecule has 0 spiro atoms. The van der Waals surface area contributed by atoms with E-state index in [4.69, 9.17) is 9.47 Å². The van der Waals surface area contributed by atoms with Crippen LogP contribution in [0, 0.1) is 5.92 Å². The third-order valence-electron chi connectivity index (χ3n) is 3.77. The van der Waals surface area contributed by atoms with Crippen LogP contribution in [-0.4, -0.2) is 37.0 Å². The van der Waals surface area contributed by atoms with E-state index in [9.17, 15) is 5.11 Å². The zero-order valence-corrected chi connectivity index (χ0v) is 12.9. The zero-order chi connectivity index (χ0) is 15.4. The van der Waals surface area contributed by atoms with Crippen LogP contribution in [0.1, 0.15) is 13.8 Å². The molecule has 0 aliphatic rings. The molecule has 0 saturated heterocycles. The van der Waals surface area contributed by atoms with Gasteiger partial charge in [-0.15, -0.1) is 0 Å². The molecule has 2 unspecified atom stereocenters. The largest absolute Gasteiger partial charge is 0.493 e. The van der Waals surface area contributed by atoms with Gasteiger partial charge in [0.25, 0.3) is 0 Å². The van der Waals surface area contributed by atoms with E-state index in [-0.39, 0.29) is 18.6 Å². The lowest BCUT2D eigenvalue weighted by Crippen LogP contribution is -2.26. The number of nitrogens with one attached hydrogen (secondary N) is 1. The molecule has 114 valence electrons. The predicted octanol–water partition coefficient (Wildman–Crippen LogP) is 2.68. The maximum atomic E-state index is 9.25. The van der Waals surface area contributed by atoms with Gasteiger partial charge in [-0.1, -0.05) is 6.92 Å². The van der Waals surface area contributed by atoms with Crippen molar-refractivity contribution in [1.29, 1.82) is 0 Å². The predicted molar refractivity (Wildman–Crippen MR) is 84.2 cm³/mol. The third kappa shape index (κ3) is 3.19. The van der Waals surface area contributed by atoms with Gasteiger partial charge in [-0.25, -0.2) is 4.98 Å². The average Bonchev–Trinajstić information content (AvgIpc) is 2.52. The van der Waals surface area contributed by atoms with Crippen molar-refractivity contribution in [1.82, 2.24) is 4.98 Å². The number of hydrogen-bond acceptors (Lipinski definition) is 5. The number of ether oxygens (including phenoxy) is 2. The summed E-state index contributed by atoms with van der Waals surface area (Å²) in [4.78, 5) is 4.41. The molecule has 2 atom stereocenters. The molecule has 0 fully saturated rings. The Balaban J connectivity index is 2.45. The standard InChI is InChI=1S/C16H22N2O3/c1-10(9-19)11(2)18-16-13-8-15(21-4)14(20-3)7-12(13)5-6-17-16/h5-8,10-11,19H,9H2,1-4H3,(H,17,18). The molecule has 1 aromatic heterocycles. The van der Waals surface area contributed by atoms with E-state index < -0.39 is 0 Å². The molecule has 2 rings (SSSR count). The van der Waals surface area contributed by atoms with Gasteiger partial charge in [-0.2, -0.15) is 0 Å². The summed E-state index contributed by atoms with van der Waals surface area (Å²) in [6, 6.07) is 5.89. The quantitative estimate of drug-likeness (QED) is 0.856. The van der Waals surface area contributed by atoms with Gasteiger partial charge in [-0.3, -0.25) is 0 Å². The van der Waals surface area contributed by atoms with Gasteiger partial charge in [-0.05, 0) is 36.4 Å². The van der Waals surface area contributed by atoms with Crippen molar-refractivity contribution in [2.24, 2.45) is 5.92 Å². The second kappa shape index (κ2) is 6.63. The summed E-state index contributed by atoms with van der Waals surface area (Å²) in [7, 11) is 3.23. The van der Waals surface area contributed by atoms with E-state index in [2.05, 4.69) is 10.3 Å². The van der Waals surface area contributed by atoms with E-state index in [1.807, 2.05) is 32.0 Å². The van der Waals surface area contributed by atoms with E-state index >= 15 is 0 Å². The molecule has 0 aliphatic carbocycles. The summed E-state index contributed by atoms with van der Waals surface area (Å²) in [6.07, 6.45) is 1.76. The fourth-order valence-corrected chi connectivity index (χ4v) is 2.13. The highest BCUT2D eigenvalue weighted by Gasteiger charge is 2.14. The molecule has 1 heterocycles. The summed E-state index contributed by atoms with van der Waals surface area (Å²) in [6.45, 7) is 4.16. The van der Waals surface area contributed by atoms with Gasteiger partial charge < -0.3 is 19.9 Å². The number of nitrogens with zero attached hydrogens (tertiary/aromatic N) is 1. The fourth-order valence-electron chi connectivity index (χ4n) is 2.13. The van der Waals surface area contributed by atoms with Crippen LogP contribution in [-0.2, 0) is 0 Å². The number of rotatable bonds is 6. The van der Waals surface area contributed by atoms with E-state index in [1.54, 1.807) is 20.4 Å². The van der Waals surface area contributed by atoms with Crippen LogP contribution in [0.15, 0.2) is 24.4 Å². The summed E-state index contributed by atoms with van der Waals surface area (Å²) in [5.74, 6) is 2.28. The molecular weight excluding hydrogens is 268 g/mol. The van der Waals surface area contributed by atoms with Crippen molar-refractivity contribution in [2.75, 3.05) is 26.1 Å². The maximum absolute atomic E-state index is 9.25. The van der Waals surface area contributed by atoms with Crippen LogP contribution in [0.2, 0.25) is 0 Å². The fraction of sp³-hybridized carbons (Fsp3) is 0.438. The lowest BCUT2D eigenvalue weighted by atomic mass is 10.0. The molecule has 2 aromatic rings. The normalized spacial score (nSPS) is 13.8. The molecule has 2 N–H and O–H groups in total. The Morgan fingerprint density at radius 3 is 2.48 bits per heavy atom. The number of aliphatic hydroxyl groups excluding tert-OH is 1. The molecule has 0 aliphatic heterocycles. The Kier molecular flexibility index (Phi) is 4.85. The van der Waals surface area contributed by atoms with Gasteiger partial charge in [0.2, 0.25) is 0 Å². The van der Waals surface area contributed by atoms with Crippen LogP contribution >= 0.6 is 0 Å². The first-order chi connectivity index (χ1) is 10.1. The highest BCUT2D eigenvalue weighted by atomic mass is 16.5. The molecule has 5 nitrogen and oxygen atoms in total. The van der Waals surface area contributed by atoms with Crippen molar-refractivity contribution in [3.8, 4) is 11.5 Å². The number of fused-ring (bicyclic) bond motifs is 1. The second-order valence-corrected chi connectivity index (χ2v) is 5.18. The molecule has 0 amide bonds. The Morgan fingerprint density at radius 1 is 1.19 bits per heavy atom. The minimum atomic E-state index is 0.112. The minimum Gasteiger partial charge on any atom is -0.493 e. The molecule has 5 heteroatoms. The first-order valence-electron chi connectivity index (χ1n) is 6.98. The summed E-state index contributed by atoms with van der Waals surface area (Å²) >= 11 is 0. The van der Waals surface area contributed by atoms with Gasteiger partial charge in [0, 0.05) is 24.2 Å². The van der Waals surface area contributed by atoms with Gasteiger partial charge in [0.1, 0.15) is 5.82 Å². The van der Waals surface area contributed by atoms with Crippen molar-refractivity contribution < 1.29 is 14.6 Å². The van der Waals surface area contributed by atoms with Crippen LogP contribution in [0.3, 0.4) is 0 Å². The summed E-state index contributed by atoms with van der Waals surface area (Å²) in [5, 5.41) is 14.6. The molecule has 0 saturated carbocycles. The SMILES string of the molecule is COc1cc2ccnc(NC(C)C(C)CO)c2cc1OC. The maximum Gasteiger partial charge on any atom is 0.161 e. The van der Waals surface area contributed by atoms with Crippen LogP contribution < -0.4 is 14.8 Å². The molecular formula is C16H22N2O3. The van der Waals surface area contributed by atoms with Crippen LogP contribution in [0.5, 0.6) is 11.5 Å². The molecule has 0 radical (unpaired) electrons. The zero-order valence-electron chi connectivity index (χ0n) is 12.9. The van der Waals surface area contributed by atoms with Crippen molar-refractivity contribution in [2.45, 2.75) is 19.9 Å². The number of hydrogen-bond donors (Lipinski definition) is 2. The number of pyridine rings is 1. The smallest absolute Gasteiger partial charge is 0.161 e. The van der Waals surface area contributed by atoms with Gasteiger partial charge in [0.05, 0.1) is 14.2 Å². The molecule has 1 aromatic carbocycles. The van der Waals surface area contributed by atoms with E-state index in [1.165, 1.54) is 0 Å². The highest BCUT2D eigenvalue weighted by Crippen LogP contribution is 2.34. The average molecular weight is 290 g/mol. The summed E-state index contributed by atoms with van der Waals surface area (Å²) in [5.41, 5.74) is 0. The van der Waals surface area contributed by atoms with Crippen LogP contribution in [0.25, 0.3) is 10.8 Å². The van der Waals surface area contributed by atoms with Gasteiger partial charge >= 0.3 is 0 Å². The van der Waals surface area contributed by atoms with Crippen molar-refractivity contribution >= 4 is 16.6 Å². The first-order valence-corrected chi connectivity index (χ1v) is 6.98. The van der Waals surface area contributed by atoms with Crippen molar-refractivity contribution in [3.05, 3.63) is 24.4 Å². The molecule has 0 bridgehead atoms. The third-order valence-corrected chi connectivity index (χ3v) is 3.77. The Hall–Kier alpha value is -2.01. The molecule has 21 heavy (non-hydrogen) atoms. The topological polar surface area (TPSA) is 63.6 Å². The number of aliphatic hydroxyl groups is 1. The summed E-state index contributed by atoms with van der Waals surface area (Å²) < 4.78 is 10.7. The Morgan fingerprint density at radius 2 is 1.86 bits per heavy atom. The van der Waals surface area contributed by atoms with E-state index in [0.29, 0.717) is 11.5 Å². The van der Waals surface area contributed by atoms with E-state index in [0.717, 1.165) is 16.6 Å². The number of anilines is 1. The first kappa shape index (κ1) is 15.4. The number of aromatic nitrogens is 1. The monoisotopic (exact) mass is 290 g/mol. The Bertz CT molecular complexity index is 616. The lowest BCUT2D eigenvalue weighted by molar-refractivity contribution is 0.226. The second-order valence-electron chi connectivity index (χ2n) is 5.18. The number of benzene rings is 1.